The van der Waals surface area contributed by atoms with Gasteiger partial charge in [0.25, 0.3) is 0 Å². The molecule has 0 aliphatic heterocycles. The molecule has 0 saturated carbocycles. The van der Waals surface area contributed by atoms with E-state index in [4.69, 9.17) is 9.47 Å². The summed E-state index contributed by atoms with van der Waals surface area (Å²) < 4.78 is 11.1. The lowest BCUT2D eigenvalue weighted by Gasteiger charge is -2.08. The van der Waals surface area contributed by atoms with Gasteiger partial charge in [-0.3, -0.25) is 9.59 Å². The molecule has 4 nitrogen and oxygen atoms in total. The molecule has 0 N–H and O–H groups in total. The maximum atomic E-state index is 12.6. The van der Waals surface area contributed by atoms with Gasteiger partial charge in [-0.15, -0.1) is 0 Å². The number of Topliss-reactive ketones (excluding diaryl/α,β-unsaturated/α-hetero) is 2. The summed E-state index contributed by atoms with van der Waals surface area (Å²) in [5.74, 6) is 1.18. The van der Waals surface area contributed by atoms with Crippen LogP contribution in [0.15, 0.2) is 72.8 Å². The van der Waals surface area contributed by atoms with Gasteiger partial charge in [0.05, 0.1) is 20.1 Å². The van der Waals surface area contributed by atoms with Crippen molar-refractivity contribution in [1.29, 1.82) is 0 Å². The Bertz CT molecular complexity index is 1130. The van der Waals surface area contributed by atoms with Gasteiger partial charge in [-0.1, -0.05) is 114 Å². The number of methoxy groups -OCH3 is 1. The Hall–Kier alpha value is -3.40. The van der Waals surface area contributed by atoms with Crippen LogP contribution in [0.2, 0.25) is 0 Å². The molecular weight excluding hydrogens is 496 g/mol. The fraction of sp³-hybridized carbons (Fsp3) is 0.444. The lowest BCUT2D eigenvalue weighted by atomic mass is 9.99. The highest BCUT2D eigenvalue weighted by atomic mass is 16.5. The monoisotopic (exact) mass is 542 g/mol. The Morgan fingerprint density at radius 2 is 0.925 bits per heavy atom. The SMILES string of the molecule is CCCCCCCCCCCCCCOc1ccc(-c2ccc(C(=O)CC(=O)c3ccc(OC)cc3)cc2)cc1. The van der Waals surface area contributed by atoms with Crippen molar-refractivity contribution in [1.82, 2.24) is 0 Å². The lowest BCUT2D eigenvalue weighted by Crippen LogP contribution is -2.08. The summed E-state index contributed by atoms with van der Waals surface area (Å²) in [5.41, 5.74) is 3.12. The number of unbranched alkanes of at least 4 members (excludes halogenated alkanes) is 11. The van der Waals surface area contributed by atoms with Gasteiger partial charge in [0.2, 0.25) is 0 Å². The Balaban J connectivity index is 1.32. The van der Waals surface area contributed by atoms with Crippen LogP contribution in [0.5, 0.6) is 11.5 Å². The fourth-order valence-corrected chi connectivity index (χ4v) is 4.85. The number of ether oxygens (including phenoxy) is 2. The van der Waals surface area contributed by atoms with Gasteiger partial charge >= 0.3 is 0 Å². The second-order valence-electron chi connectivity index (χ2n) is 10.6. The van der Waals surface area contributed by atoms with Crippen molar-refractivity contribution >= 4 is 11.6 Å². The quantitative estimate of drug-likeness (QED) is 0.0810. The van der Waals surface area contributed by atoms with Crippen LogP contribution >= 0.6 is 0 Å². The third-order valence-electron chi connectivity index (χ3n) is 7.39. The fourth-order valence-electron chi connectivity index (χ4n) is 4.85. The van der Waals surface area contributed by atoms with E-state index in [2.05, 4.69) is 6.92 Å². The van der Waals surface area contributed by atoms with E-state index in [1.807, 2.05) is 36.4 Å². The van der Waals surface area contributed by atoms with Crippen LogP contribution in [-0.2, 0) is 0 Å². The zero-order valence-corrected chi connectivity index (χ0v) is 24.5. The first-order chi connectivity index (χ1) is 19.6. The third-order valence-corrected chi connectivity index (χ3v) is 7.39. The second-order valence-corrected chi connectivity index (χ2v) is 10.6. The highest BCUT2D eigenvalue weighted by Gasteiger charge is 2.14. The minimum atomic E-state index is -0.198. The van der Waals surface area contributed by atoms with E-state index in [-0.39, 0.29) is 18.0 Å². The summed E-state index contributed by atoms with van der Waals surface area (Å²) in [6.07, 6.45) is 15.9. The van der Waals surface area contributed by atoms with Crippen LogP contribution in [-0.4, -0.2) is 25.3 Å². The van der Waals surface area contributed by atoms with Crippen molar-refractivity contribution in [3.05, 3.63) is 83.9 Å². The highest BCUT2D eigenvalue weighted by molar-refractivity contribution is 6.13. The Morgan fingerprint density at radius 3 is 1.40 bits per heavy atom. The van der Waals surface area contributed by atoms with Crippen molar-refractivity contribution in [3.8, 4) is 22.6 Å². The molecule has 3 aromatic carbocycles. The topological polar surface area (TPSA) is 52.6 Å². The number of hydrogen-bond donors (Lipinski definition) is 0. The van der Waals surface area contributed by atoms with E-state index >= 15 is 0 Å². The average molecular weight is 543 g/mol. The van der Waals surface area contributed by atoms with Crippen LogP contribution in [0.25, 0.3) is 11.1 Å². The molecular formula is C36H46O4. The number of rotatable bonds is 20. The average Bonchev–Trinajstić information content (AvgIpc) is 3.00. The van der Waals surface area contributed by atoms with Gasteiger partial charge < -0.3 is 9.47 Å². The first kappa shape index (κ1) is 31.1. The maximum Gasteiger partial charge on any atom is 0.170 e. The normalized spacial score (nSPS) is 10.8. The molecule has 0 aliphatic carbocycles. The number of ketones is 2. The van der Waals surface area contributed by atoms with Crippen LogP contribution in [0.3, 0.4) is 0 Å². The second kappa shape index (κ2) is 18.0. The molecule has 3 rings (SSSR count). The van der Waals surface area contributed by atoms with Gasteiger partial charge in [-0.2, -0.15) is 0 Å². The molecule has 4 heteroatoms. The van der Waals surface area contributed by atoms with Crippen molar-refractivity contribution < 1.29 is 19.1 Å². The van der Waals surface area contributed by atoms with Crippen molar-refractivity contribution in [2.45, 2.75) is 90.4 Å². The molecule has 0 spiro atoms. The Labute approximate surface area is 241 Å². The predicted octanol–water partition coefficient (Wildman–Crippen LogP) is 9.90. The van der Waals surface area contributed by atoms with E-state index in [0.717, 1.165) is 29.9 Å². The van der Waals surface area contributed by atoms with Crippen LogP contribution in [0.1, 0.15) is 111 Å². The molecule has 0 aromatic heterocycles. The summed E-state index contributed by atoms with van der Waals surface area (Å²) in [6.45, 7) is 3.02. The Kier molecular flexibility index (Phi) is 14.0. The first-order valence-electron chi connectivity index (χ1n) is 15.1. The van der Waals surface area contributed by atoms with Crippen molar-refractivity contribution in [3.63, 3.8) is 0 Å². The highest BCUT2D eigenvalue weighted by Crippen LogP contribution is 2.24. The smallest absolute Gasteiger partial charge is 0.170 e. The molecule has 0 amide bonds. The number of carbonyl (C=O) groups excluding carboxylic acids is 2. The Morgan fingerprint density at radius 1 is 0.525 bits per heavy atom. The predicted molar refractivity (Wildman–Crippen MR) is 165 cm³/mol. The molecule has 214 valence electrons. The van der Waals surface area contributed by atoms with Gasteiger partial charge in [0.1, 0.15) is 11.5 Å². The first-order valence-corrected chi connectivity index (χ1v) is 15.1. The zero-order chi connectivity index (χ0) is 28.4. The van der Waals surface area contributed by atoms with Gasteiger partial charge in [0, 0.05) is 11.1 Å². The molecule has 0 atom stereocenters. The van der Waals surface area contributed by atoms with E-state index in [1.54, 1.807) is 43.5 Å². The summed E-state index contributed by atoms with van der Waals surface area (Å²) in [5, 5.41) is 0. The molecule has 40 heavy (non-hydrogen) atoms. The van der Waals surface area contributed by atoms with E-state index in [9.17, 15) is 9.59 Å². The minimum Gasteiger partial charge on any atom is -0.497 e. The molecule has 3 aromatic rings. The zero-order valence-electron chi connectivity index (χ0n) is 24.5. The third kappa shape index (κ3) is 11.0. The van der Waals surface area contributed by atoms with Crippen LogP contribution in [0.4, 0.5) is 0 Å². The molecule has 0 unspecified atom stereocenters. The molecule has 0 radical (unpaired) electrons. The van der Waals surface area contributed by atoms with E-state index < -0.39 is 0 Å². The number of benzene rings is 3. The van der Waals surface area contributed by atoms with E-state index in [0.29, 0.717) is 16.9 Å². The summed E-state index contributed by atoms with van der Waals surface area (Å²) in [7, 11) is 1.58. The summed E-state index contributed by atoms with van der Waals surface area (Å²) in [6, 6.07) is 22.3. The lowest BCUT2D eigenvalue weighted by molar-refractivity contribution is 0.0894. The van der Waals surface area contributed by atoms with Crippen LogP contribution < -0.4 is 9.47 Å². The largest absolute Gasteiger partial charge is 0.497 e. The summed E-state index contributed by atoms with van der Waals surface area (Å²) in [4.78, 5) is 25.1. The molecule has 0 fully saturated rings. The van der Waals surface area contributed by atoms with Crippen LogP contribution in [0, 0.1) is 0 Å². The van der Waals surface area contributed by atoms with Crippen molar-refractivity contribution in [2.75, 3.05) is 13.7 Å². The molecule has 0 bridgehead atoms. The molecule has 0 aliphatic rings. The molecule has 0 heterocycles. The molecule has 0 saturated heterocycles. The van der Waals surface area contributed by atoms with Crippen molar-refractivity contribution in [2.24, 2.45) is 0 Å². The standard InChI is InChI=1S/C36H46O4/c1-3-4-5-6-7-8-9-10-11-12-13-14-27-40-34-25-19-30(20-26-34)29-15-17-31(18-16-29)35(37)28-36(38)32-21-23-33(39-2)24-22-32/h15-26H,3-14,27-28H2,1-2H3. The summed E-state index contributed by atoms with van der Waals surface area (Å²) >= 11 is 0. The van der Waals surface area contributed by atoms with Gasteiger partial charge in [-0.25, -0.2) is 0 Å². The number of hydrogen-bond acceptors (Lipinski definition) is 4. The van der Waals surface area contributed by atoms with E-state index in [1.165, 1.54) is 70.6 Å². The van der Waals surface area contributed by atoms with Gasteiger partial charge in [0.15, 0.2) is 11.6 Å². The maximum absolute atomic E-state index is 12.6. The minimum absolute atomic E-state index is 0.156. The number of carbonyl (C=O) groups is 2. The van der Waals surface area contributed by atoms with Gasteiger partial charge in [-0.05, 0) is 53.9 Å².